The van der Waals surface area contributed by atoms with Crippen molar-refractivity contribution in [3.63, 3.8) is 0 Å². The Kier molecular flexibility index (Phi) is 2.90. The van der Waals surface area contributed by atoms with Crippen LogP contribution in [0.2, 0.25) is 5.02 Å². The largest absolute Gasteiger partial charge is 0.262 e. The van der Waals surface area contributed by atoms with E-state index in [4.69, 9.17) is 11.6 Å². The Bertz CT molecular complexity index is 240. The van der Waals surface area contributed by atoms with Gasteiger partial charge in [0.25, 0.3) is 0 Å². The van der Waals surface area contributed by atoms with Crippen LogP contribution >= 0.6 is 27.5 Å². The summed E-state index contributed by atoms with van der Waals surface area (Å²) in [4.78, 5) is 3.95. The molecule has 60 valence electrons. The van der Waals surface area contributed by atoms with Gasteiger partial charge < -0.3 is 0 Å². The van der Waals surface area contributed by atoms with Gasteiger partial charge in [0.15, 0.2) is 0 Å². The van der Waals surface area contributed by atoms with E-state index in [0.29, 0.717) is 5.92 Å². The summed E-state index contributed by atoms with van der Waals surface area (Å²) in [6.45, 7) is 4.21. The van der Waals surface area contributed by atoms with E-state index in [-0.39, 0.29) is 0 Å². The van der Waals surface area contributed by atoms with Gasteiger partial charge in [0.2, 0.25) is 0 Å². The second kappa shape index (κ2) is 3.55. The zero-order chi connectivity index (χ0) is 8.43. The fourth-order valence-corrected chi connectivity index (χ4v) is 2.25. The summed E-state index contributed by atoms with van der Waals surface area (Å²) >= 11 is 9.33. The molecule has 1 aromatic rings. The summed E-state index contributed by atoms with van der Waals surface area (Å²) in [6.07, 6.45) is 3.43. The van der Waals surface area contributed by atoms with Gasteiger partial charge in [0, 0.05) is 16.9 Å². The average molecular weight is 235 g/mol. The van der Waals surface area contributed by atoms with Crippen LogP contribution in [0.3, 0.4) is 0 Å². The zero-order valence-corrected chi connectivity index (χ0v) is 8.78. The number of rotatable bonds is 1. The third-order valence-electron chi connectivity index (χ3n) is 1.47. The quantitative estimate of drug-likeness (QED) is 0.723. The topological polar surface area (TPSA) is 12.9 Å². The number of nitrogens with zero attached hydrogens (tertiary/aromatic N) is 1. The first-order valence-electron chi connectivity index (χ1n) is 3.42. The molecule has 0 fully saturated rings. The van der Waals surface area contributed by atoms with Crippen LogP contribution in [-0.4, -0.2) is 4.98 Å². The molecule has 11 heavy (non-hydrogen) atoms. The monoisotopic (exact) mass is 233 g/mol. The summed E-state index contributed by atoms with van der Waals surface area (Å²) < 4.78 is 0.986. The maximum Gasteiger partial charge on any atom is 0.0635 e. The molecule has 0 spiro atoms. The summed E-state index contributed by atoms with van der Waals surface area (Å²) in [5, 5.41) is 0.731. The van der Waals surface area contributed by atoms with Crippen LogP contribution in [-0.2, 0) is 0 Å². The van der Waals surface area contributed by atoms with E-state index in [1.54, 1.807) is 12.4 Å². The lowest BCUT2D eigenvalue weighted by molar-refractivity contribution is 0.857. The van der Waals surface area contributed by atoms with E-state index in [0.717, 1.165) is 15.1 Å². The summed E-state index contributed by atoms with van der Waals surface area (Å²) in [6, 6.07) is 0. The first kappa shape index (κ1) is 9.01. The van der Waals surface area contributed by atoms with E-state index in [2.05, 4.69) is 34.8 Å². The van der Waals surface area contributed by atoms with Gasteiger partial charge >= 0.3 is 0 Å². The highest BCUT2D eigenvalue weighted by molar-refractivity contribution is 9.10. The molecule has 1 heterocycles. The highest BCUT2D eigenvalue weighted by Crippen LogP contribution is 2.29. The van der Waals surface area contributed by atoms with Crippen molar-refractivity contribution in [3.8, 4) is 0 Å². The van der Waals surface area contributed by atoms with Crippen molar-refractivity contribution in [2.75, 3.05) is 0 Å². The zero-order valence-electron chi connectivity index (χ0n) is 6.44. The van der Waals surface area contributed by atoms with Gasteiger partial charge in [-0.2, -0.15) is 0 Å². The van der Waals surface area contributed by atoms with Crippen molar-refractivity contribution < 1.29 is 0 Å². The average Bonchev–Trinajstić information content (AvgIpc) is 1.85. The van der Waals surface area contributed by atoms with E-state index < -0.39 is 0 Å². The van der Waals surface area contributed by atoms with Crippen LogP contribution in [0.4, 0.5) is 0 Å². The van der Waals surface area contributed by atoms with Gasteiger partial charge in [0.05, 0.1) is 5.02 Å². The second-order valence-electron chi connectivity index (χ2n) is 2.67. The lowest BCUT2D eigenvalue weighted by Crippen LogP contribution is -1.91. The molecule has 1 rings (SSSR count). The predicted molar refractivity (Wildman–Crippen MR) is 51.0 cm³/mol. The van der Waals surface area contributed by atoms with Crippen molar-refractivity contribution in [1.82, 2.24) is 4.98 Å². The van der Waals surface area contributed by atoms with Gasteiger partial charge in [-0.1, -0.05) is 25.4 Å². The smallest absolute Gasteiger partial charge is 0.0635 e. The van der Waals surface area contributed by atoms with Gasteiger partial charge in [0.1, 0.15) is 0 Å². The third kappa shape index (κ3) is 1.94. The molecule has 0 N–H and O–H groups in total. The predicted octanol–water partition coefficient (Wildman–Crippen LogP) is 3.62. The minimum Gasteiger partial charge on any atom is -0.262 e. The first-order valence-corrected chi connectivity index (χ1v) is 4.59. The third-order valence-corrected chi connectivity index (χ3v) is 2.40. The van der Waals surface area contributed by atoms with Crippen LogP contribution in [0.1, 0.15) is 25.3 Å². The van der Waals surface area contributed by atoms with Crippen LogP contribution in [0.5, 0.6) is 0 Å². The molecule has 0 unspecified atom stereocenters. The second-order valence-corrected chi connectivity index (χ2v) is 3.93. The van der Waals surface area contributed by atoms with E-state index in [1.807, 2.05) is 0 Å². The maximum atomic E-state index is 5.93. The van der Waals surface area contributed by atoms with E-state index >= 15 is 0 Å². The molecule has 0 saturated heterocycles. The number of halogens is 2. The minimum absolute atomic E-state index is 0.430. The van der Waals surface area contributed by atoms with Crippen LogP contribution in [0, 0.1) is 0 Å². The van der Waals surface area contributed by atoms with Crippen molar-refractivity contribution in [2.45, 2.75) is 19.8 Å². The maximum absolute atomic E-state index is 5.93. The molecule has 0 radical (unpaired) electrons. The van der Waals surface area contributed by atoms with Crippen molar-refractivity contribution >= 4 is 27.5 Å². The molecule has 0 bridgehead atoms. The molecule has 0 aliphatic rings. The van der Waals surface area contributed by atoms with Crippen molar-refractivity contribution in [3.05, 3.63) is 27.5 Å². The standard InChI is InChI=1S/C8H9BrClN/c1-5(2)8-6(9)3-11-4-7(8)10/h3-5H,1-2H3. The summed E-state index contributed by atoms with van der Waals surface area (Å²) in [5.41, 5.74) is 1.13. The molecule has 0 saturated carbocycles. The number of hydrogen-bond donors (Lipinski definition) is 0. The highest BCUT2D eigenvalue weighted by atomic mass is 79.9. The Balaban J connectivity index is 3.21. The molecule has 0 atom stereocenters. The fourth-order valence-electron chi connectivity index (χ4n) is 0.973. The summed E-state index contributed by atoms with van der Waals surface area (Å²) in [7, 11) is 0. The molecule has 0 aliphatic carbocycles. The van der Waals surface area contributed by atoms with Crippen LogP contribution in [0.25, 0.3) is 0 Å². The Hall–Kier alpha value is -0.0800. The van der Waals surface area contributed by atoms with Crippen molar-refractivity contribution in [2.24, 2.45) is 0 Å². The Labute approximate surface area is 79.9 Å². The molecular formula is C8H9BrClN. The SMILES string of the molecule is CC(C)c1c(Cl)cncc1Br. The Morgan fingerprint density at radius 3 is 2.45 bits per heavy atom. The highest BCUT2D eigenvalue weighted by Gasteiger charge is 2.08. The Morgan fingerprint density at radius 1 is 1.45 bits per heavy atom. The molecule has 1 aromatic heterocycles. The van der Waals surface area contributed by atoms with Gasteiger partial charge in [-0.05, 0) is 27.4 Å². The van der Waals surface area contributed by atoms with E-state index in [9.17, 15) is 0 Å². The molecule has 0 aliphatic heterocycles. The lowest BCUT2D eigenvalue weighted by Gasteiger charge is -2.08. The lowest BCUT2D eigenvalue weighted by atomic mass is 10.1. The van der Waals surface area contributed by atoms with Gasteiger partial charge in [-0.15, -0.1) is 0 Å². The minimum atomic E-state index is 0.430. The normalized spacial score (nSPS) is 10.6. The van der Waals surface area contributed by atoms with Gasteiger partial charge in [-0.25, -0.2) is 0 Å². The fraction of sp³-hybridized carbons (Fsp3) is 0.375. The van der Waals surface area contributed by atoms with E-state index in [1.165, 1.54) is 0 Å². The molecular weight excluding hydrogens is 225 g/mol. The molecule has 0 amide bonds. The Morgan fingerprint density at radius 2 is 2.09 bits per heavy atom. The first-order chi connectivity index (χ1) is 5.13. The summed E-state index contributed by atoms with van der Waals surface area (Å²) in [5.74, 6) is 0.430. The van der Waals surface area contributed by atoms with Crippen LogP contribution < -0.4 is 0 Å². The molecule has 3 heteroatoms. The number of pyridine rings is 1. The number of hydrogen-bond acceptors (Lipinski definition) is 1. The van der Waals surface area contributed by atoms with Gasteiger partial charge in [-0.3, -0.25) is 4.98 Å². The molecule has 1 nitrogen and oxygen atoms in total. The van der Waals surface area contributed by atoms with Crippen molar-refractivity contribution in [1.29, 1.82) is 0 Å². The molecule has 0 aromatic carbocycles. The van der Waals surface area contributed by atoms with Crippen LogP contribution in [0.15, 0.2) is 16.9 Å². The number of aromatic nitrogens is 1.